The van der Waals surface area contributed by atoms with E-state index in [-0.39, 0.29) is 25.7 Å². The van der Waals surface area contributed by atoms with E-state index in [1.807, 2.05) is 0 Å². The smallest absolute Gasteiger partial charge is 0.462 e. The molecule has 19 heteroatoms. The average molecular weight is 1450 g/mol. The van der Waals surface area contributed by atoms with E-state index >= 15 is 0 Å². The Kier molecular flexibility index (Phi) is 70.3. The number of ether oxygens (including phenoxy) is 4. The number of unbranched alkanes of at least 4 members (excludes halogenated alkanes) is 48. The summed E-state index contributed by atoms with van der Waals surface area (Å²) in [7, 11) is -9.91. The molecule has 6 atom stereocenters. The van der Waals surface area contributed by atoms with Crippen LogP contribution in [0.1, 0.15) is 420 Å². The van der Waals surface area contributed by atoms with E-state index in [1.54, 1.807) is 0 Å². The molecule has 0 bridgehead atoms. The van der Waals surface area contributed by atoms with Gasteiger partial charge in [0.25, 0.3) is 0 Å². The maximum atomic E-state index is 13.1. The molecule has 0 aliphatic carbocycles. The van der Waals surface area contributed by atoms with E-state index in [0.29, 0.717) is 25.7 Å². The number of rotatable bonds is 79. The van der Waals surface area contributed by atoms with Crippen molar-refractivity contribution in [3.8, 4) is 0 Å². The molecule has 0 spiro atoms. The van der Waals surface area contributed by atoms with Crippen molar-refractivity contribution in [1.29, 1.82) is 0 Å². The average Bonchev–Trinajstić information content (AvgIpc) is 1.12. The van der Waals surface area contributed by atoms with Gasteiger partial charge in [0.15, 0.2) is 12.2 Å². The second kappa shape index (κ2) is 71.7. The highest BCUT2D eigenvalue weighted by molar-refractivity contribution is 7.47. The molecular weight excluding hydrogens is 1290 g/mol. The number of aliphatic hydroxyl groups is 1. The Hall–Kier alpha value is -1.94. The molecule has 0 fully saturated rings. The minimum absolute atomic E-state index is 0.105. The minimum Gasteiger partial charge on any atom is -0.462 e. The standard InChI is InChI=1S/C80H156O17P2/c1-7-10-12-14-16-18-19-20-21-22-23-24-25-26-27-32-35-39-46-52-58-64-79(84)96-75(69-91-78(83)63-57-51-45-38-34-31-29-28-30-33-37-43-49-55-61-73(6)9-3)70-94-98(86,87)92-66-74(81)67-93-99(88,89)95-71-76(68-90-77(82)62-56-50-44-36-17-15-13-11-8-2)97-80(85)65-59-53-47-41-40-42-48-54-60-72(4)5/h72-76,81H,7-71H2,1-6H3,(H,86,87)(H,88,89)/t73?,74-,75-,76-/m1/s1. The molecule has 0 aromatic heterocycles. The fourth-order valence-electron chi connectivity index (χ4n) is 12.3. The van der Waals surface area contributed by atoms with E-state index in [0.717, 1.165) is 102 Å². The summed E-state index contributed by atoms with van der Waals surface area (Å²) in [5, 5.41) is 10.6. The van der Waals surface area contributed by atoms with Crippen molar-refractivity contribution in [2.75, 3.05) is 39.6 Å². The van der Waals surface area contributed by atoms with Gasteiger partial charge in [-0.25, -0.2) is 9.13 Å². The lowest BCUT2D eigenvalue weighted by molar-refractivity contribution is -0.161. The van der Waals surface area contributed by atoms with Crippen molar-refractivity contribution in [1.82, 2.24) is 0 Å². The second-order valence-electron chi connectivity index (χ2n) is 29.5. The lowest BCUT2D eigenvalue weighted by atomic mass is 9.99. The third-order valence-corrected chi connectivity index (χ3v) is 21.0. The van der Waals surface area contributed by atoms with Crippen LogP contribution in [0.3, 0.4) is 0 Å². The van der Waals surface area contributed by atoms with Gasteiger partial charge in [0.05, 0.1) is 26.4 Å². The van der Waals surface area contributed by atoms with Gasteiger partial charge >= 0.3 is 39.5 Å². The first-order chi connectivity index (χ1) is 47.9. The number of carbonyl (C=O) groups excluding carboxylic acids is 4. The molecular formula is C80H156O17P2. The molecule has 0 aromatic carbocycles. The zero-order chi connectivity index (χ0) is 72.8. The van der Waals surface area contributed by atoms with E-state index < -0.39 is 97.5 Å². The summed E-state index contributed by atoms with van der Waals surface area (Å²) in [6.07, 6.45) is 61.2. The second-order valence-corrected chi connectivity index (χ2v) is 32.4. The van der Waals surface area contributed by atoms with Crippen LogP contribution in [0.5, 0.6) is 0 Å². The molecule has 0 aliphatic rings. The molecule has 3 N–H and O–H groups in total. The lowest BCUT2D eigenvalue weighted by Gasteiger charge is -2.21. The molecule has 0 amide bonds. The summed E-state index contributed by atoms with van der Waals surface area (Å²) in [5.74, 6) is -0.546. The van der Waals surface area contributed by atoms with Crippen LogP contribution in [0.2, 0.25) is 0 Å². The summed E-state index contributed by atoms with van der Waals surface area (Å²) in [6, 6.07) is 0. The van der Waals surface area contributed by atoms with Crippen molar-refractivity contribution in [3.05, 3.63) is 0 Å². The van der Waals surface area contributed by atoms with Gasteiger partial charge in [-0.1, -0.05) is 369 Å². The van der Waals surface area contributed by atoms with Gasteiger partial charge in [0.1, 0.15) is 19.3 Å². The Morgan fingerprint density at radius 3 is 0.768 bits per heavy atom. The number of carbonyl (C=O) groups is 4. The van der Waals surface area contributed by atoms with Gasteiger partial charge in [0.2, 0.25) is 0 Å². The highest BCUT2D eigenvalue weighted by Gasteiger charge is 2.30. The monoisotopic (exact) mass is 1450 g/mol. The Morgan fingerprint density at radius 1 is 0.293 bits per heavy atom. The van der Waals surface area contributed by atoms with E-state index in [4.69, 9.17) is 37.0 Å². The Labute approximate surface area is 607 Å². The van der Waals surface area contributed by atoms with Crippen molar-refractivity contribution in [2.24, 2.45) is 11.8 Å². The maximum absolute atomic E-state index is 13.1. The first-order valence-corrected chi connectivity index (χ1v) is 44.5. The summed E-state index contributed by atoms with van der Waals surface area (Å²) >= 11 is 0. The quantitative estimate of drug-likeness (QED) is 0.0222. The fraction of sp³-hybridized carbons (Fsp3) is 0.950. The molecule has 99 heavy (non-hydrogen) atoms. The first kappa shape index (κ1) is 97.1. The third-order valence-electron chi connectivity index (χ3n) is 19.1. The van der Waals surface area contributed by atoms with Crippen molar-refractivity contribution >= 4 is 39.5 Å². The normalized spacial score (nSPS) is 14.2. The van der Waals surface area contributed by atoms with Crippen molar-refractivity contribution in [3.63, 3.8) is 0 Å². The van der Waals surface area contributed by atoms with Crippen LogP contribution in [0.4, 0.5) is 0 Å². The summed E-state index contributed by atoms with van der Waals surface area (Å²) in [6.45, 7) is 9.62. The molecule has 0 radical (unpaired) electrons. The van der Waals surface area contributed by atoms with E-state index in [9.17, 15) is 43.2 Å². The lowest BCUT2D eigenvalue weighted by Crippen LogP contribution is -2.30. The molecule has 0 saturated heterocycles. The van der Waals surface area contributed by atoms with Crippen molar-refractivity contribution < 1.29 is 80.2 Å². The van der Waals surface area contributed by atoms with Gasteiger partial charge in [-0.15, -0.1) is 0 Å². The molecule has 0 rings (SSSR count). The van der Waals surface area contributed by atoms with Crippen LogP contribution >= 0.6 is 15.6 Å². The van der Waals surface area contributed by atoms with Crippen molar-refractivity contribution in [2.45, 2.75) is 439 Å². The summed E-state index contributed by atoms with van der Waals surface area (Å²) in [5.41, 5.74) is 0. The van der Waals surface area contributed by atoms with Gasteiger partial charge < -0.3 is 33.8 Å². The van der Waals surface area contributed by atoms with Crippen LogP contribution < -0.4 is 0 Å². The number of hydrogen-bond donors (Lipinski definition) is 3. The molecule has 0 aliphatic heterocycles. The maximum Gasteiger partial charge on any atom is 0.472 e. The molecule has 3 unspecified atom stereocenters. The molecule has 0 saturated carbocycles. The largest absolute Gasteiger partial charge is 0.472 e. The number of phosphoric acid groups is 2. The summed E-state index contributed by atoms with van der Waals surface area (Å²) in [4.78, 5) is 72.9. The number of hydrogen-bond acceptors (Lipinski definition) is 15. The topological polar surface area (TPSA) is 237 Å². The van der Waals surface area contributed by atoms with Gasteiger partial charge in [-0.05, 0) is 37.5 Å². The molecule has 17 nitrogen and oxygen atoms in total. The van der Waals surface area contributed by atoms with Crippen LogP contribution in [-0.2, 0) is 65.4 Å². The van der Waals surface area contributed by atoms with E-state index in [2.05, 4.69) is 41.5 Å². The van der Waals surface area contributed by atoms with Gasteiger partial charge in [-0.3, -0.25) is 37.3 Å². The van der Waals surface area contributed by atoms with Crippen LogP contribution in [-0.4, -0.2) is 96.7 Å². The van der Waals surface area contributed by atoms with Crippen LogP contribution in [0.15, 0.2) is 0 Å². The molecule has 0 heterocycles. The van der Waals surface area contributed by atoms with Crippen LogP contribution in [0, 0.1) is 11.8 Å². The number of phosphoric ester groups is 2. The SMILES string of the molecule is CCCCCCCCCCCCCCCCCCCCCCCC(=O)O[C@H](COC(=O)CCCCCCCCCCCCCCCCC(C)CC)COP(=O)(O)OC[C@@H](O)COP(=O)(O)OC[C@@H](COC(=O)CCCCCCCCCCC)OC(=O)CCCCCCCCCCC(C)C. The van der Waals surface area contributed by atoms with Gasteiger partial charge in [-0.2, -0.15) is 0 Å². The first-order valence-electron chi connectivity index (χ1n) is 41.5. The zero-order valence-electron chi connectivity index (χ0n) is 64.8. The van der Waals surface area contributed by atoms with Gasteiger partial charge in [0, 0.05) is 25.7 Å². The third kappa shape index (κ3) is 72.8. The van der Waals surface area contributed by atoms with Crippen LogP contribution in [0.25, 0.3) is 0 Å². The Morgan fingerprint density at radius 2 is 0.515 bits per heavy atom. The highest BCUT2D eigenvalue weighted by Crippen LogP contribution is 2.45. The zero-order valence-corrected chi connectivity index (χ0v) is 66.6. The molecule has 588 valence electrons. The predicted octanol–water partition coefficient (Wildman–Crippen LogP) is 23.9. The highest BCUT2D eigenvalue weighted by atomic mass is 31.2. The minimum atomic E-state index is -4.96. The Bertz CT molecular complexity index is 1910. The fourth-order valence-corrected chi connectivity index (χ4v) is 13.9. The number of esters is 4. The Balaban J connectivity index is 5.19. The number of aliphatic hydroxyl groups excluding tert-OH is 1. The van der Waals surface area contributed by atoms with E-state index in [1.165, 1.54) is 238 Å². The predicted molar refractivity (Wildman–Crippen MR) is 405 cm³/mol. The summed E-state index contributed by atoms with van der Waals surface area (Å²) < 4.78 is 68.6. The molecule has 0 aromatic rings.